The molecule has 5 heteroatoms. The molecule has 0 saturated carbocycles. The van der Waals surface area contributed by atoms with Crippen LogP contribution in [0.1, 0.15) is 33.1 Å². The molecule has 0 radical (unpaired) electrons. The monoisotopic (exact) mass is 355 g/mol. The third kappa shape index (κ3) is 3.10. The molecule has 0 bridgehead atoms. The van der Waals surface area contributed by atoms with E-state index in [0.29, 0.717) is 10.0 Å². The fourth-order valence-corrected chi connectivity index (χ4v) is 3.39. The Hall–Kier alpha value is -1.20. The molecular weight excluding hydrogens is 341 g/mol. The standard InChI is InChI=1S/C15H15BrFNOS/c1-9-4-7-14(20-9)10(2)18(3)15(19)12-6-5-11(17)8-13(12)16/h4-8,10H,1-3H3. The van der Waals surface area contributed by atoms with Gasteiger partial charge >= 0.3 is 0 Å². The van der Waals surface area contributed by atoms with Crippen LogP contribution in [0.5, 0.6) is 0 Å². The molecule has 1 aromatic heterocycles. The molecule has 1 amide bonds. The number of hydrogen-bond donors (Lipinski definition) is 0. The minimum atomic E-state index is -0.363. The first-order valence-electron chi connectivity index (χ1n) is 6.18. The van der Waals surface area contributed by atoms with E-state index in [0.717, 1.165) is 4.88 Å². The molecule has 1 heterocycles. The van der Waals surface area contributed by atoms with E-state index in [-0.39, 0.29) is 17.8 Å². The number of halogens is 2. The lowest BCUT2D eigenvalue weighted by Gasteiger charge is -2.24. The number of rotatable bonds is 3. The minimum Gasteiger partial charge on any atom is -0.334 e. The number of carbonyl (C=O) groups excluding carboxylic acids is 1. The SMILES string of the molecule is Cc1ccc(C(C)N(C)C(=O)c2ccc(F)cc2Br)s1. The van der Waals surface area contributed by atoms with E-state index in [9.17, 15) is 9.18 Å². The van der Waals surface area contributed by atoms with Gasteiger partial charge in [-0.3, -0.25) is 4.79 Å². The van der Waals surface area contributed by atoms with Gasteiger partial charge in [0.1, 0.15) is 5.82 Å². The second kappa shape index (κ2) is 6.06. The van der Waals surface area contributed by atoms with Crippen LogP contribution in [0.25, 0.3) is 0 Å². The van der Waals surface area contributed by atoms with Crippen molar-refractivity contribution in [2.24, 2.45) is 0 Å². The number of thiophene rings is 1. The second-order valence-corrected chi connectivity index (χ2v) is 6.84. The summed E-state index contributed by atoms with van der Waals surface area (Å²) in [5, 5.41) is 0. The largest absolute Gasteiger partial charge is 0.334 e. The number of benzene rings is 1. The Morgan fingerprint density at radius 2 is 2.05 bits per heavy atom. The minimum absolute atomic E-state index is 0.0156. The van der Waals surface area contributed by atoms with Gasteiger partial charge in [0.25, 0.3) is 5.91 Å². The van der Waals surface area contributed by atoms with E-state index in [4.69, 9.17) is 0 Å². The Morgan fingerprint density at radius 1 is 1.35 bits per heavy atom. The summed E-state index contributed by atoms with van der Waals surface area (Å²) >= 11 is 4.92. The van der Waals surface area contributed by atoms with Crippen LogP contribution in [0.2, 0.25) is 0 Å². The van der Waals surface area contributed by atoms with Gasteiger partial charge in [-0.1, -0.05) is 0 Å². The normalized spacial score (nSPS) is 12.2. The van der Waals surface area contributed by atoms with Gasteiger partial charge in [-0.2, -0.15) is 0 Å². The number of amides is 1. The molecule has 0 saturated heterocycles. The van der Waals surface area contributed by atoms with Crippen molar-refractivity contribution in [3.63, 3.8) is 0 Å². The predicted molar refractivity (Wildman–Crippen MR) is 83.7 cm³/mol. The van der Waals surface area contributed by atoms with Crippen LogP contribution in [0.15, 0.2) is 34.8 Å². The van der Waals surface area contributed by atoms with E-state index in [2.05, 4.69) is 15.9 Å². The highest BCUT2D eigenvalue weighted by atomic mass is 79.9. The zero-order valence-corrected chi connectivity index (χ0v) is 13.9. The first-order valence-corrected chi connectivity index (χ1v) is 7.79. The van der Waals surface area contributed by atoms with Crippen molar-refractivity contribution in [3.05, 3.63) is 55.9 Å². The lowest BCUT2D eigenvalue weighted by atomic mass is 10.1. The smallest absolute Gasteiger partial charge is 0.255 e. The van der Waals surface area contributed by atoms with Gasteiger partial charge in [-0.05, 0) is 60.1 Å². The summed E-state index contributed by atoms with van der Waals surface area (Å²) in [5.74, 6) is -0.492. The summed E-state index contributed by atoms with van der Waals surface area (Å²) in [4.78, 5) is 16.5. The van der Waals surface area contributed by atoms with Gasteiger partial charge in [0, 0.05) is 21.3 Å². The number of hydrogen-bond acceptors (Lipinski definition) is 2. The van der Waals surface area contributed by atoms with E-state index < -0.39 is 0 Å². The van der Waals surface area contributed by atoms with Crippen molar-refractivity contribution >= 4 is 33.2 Å². The van der Waals surface area contributed by atoms with Crippen LogP contribution < -0.4 is 0 Å². The van der Waals surface area contributed by atoms with E-state index >= 15 is 0 Å². The predicted octanol–water partition coefficient (Wildman–Crippen LogP) is 4.79. The maximum absolute atomic E-state index is 13.1. The van der Waals surface area contributed by atoms with Crippen molar-refractivity contribution in [2.75, 3.05) is 7.05 Å². The first kappa shape index (κ1) is 15.2. The van der Waals surface area contributed by atoms with Crippen LogP contribution in [0.4, 0.5) is 4.39 Å². The zero-order chi connectivity index (χ0) is 14.9. The van der Waals surface area contributed by atoms with Crippen molar-refractivity contribution in [1.29, 1.82) is 0 Å². The van der Waals surface area contributed by atoms with E-state index in [1.807, 2.05) is 26.0 Å². The summed E-state index contributed by atoms with van der Waals surface area (Å²) in [6, 6.07) is 8.17. The lowest BCUT2D eigenvalue weighted by molar-refractivity contribution is 0.0744. The van der Waals surface area contributed by atoms with Crippen molar-refractivity contribution < 1.29 is 9.18 Å². The lowest BCUT2D eigenvalue weighted by Crippen LogP contribution is -2.29. The fraction of sp³-hybridized carbons (Fsp3) is 0.267. The molecule has 1 unspecified atom stereocenters. The molecule has 0 aliphatic rings. The second-order valence-electron chi connectivity index (χ2n) is 4.66. The quantitative estimate of drug-likeness (QED) is 0.774. The highest BCUT2D eigenvalue weighted by molar-refractivity contribution is 9.10. The summed E-state index contributed by atoms with van der Waals surface area (Å²) in [7, 11) is 1.76. The van der Waals surface area contributed by atoms with Crippen LogP contribution in [-0.4, -0.2) is 17.9 Å². The molecule has 2 rings (SSSR count). The van der Waals surface area contributed by atoms with Crippen LogP contribution >= 0.6 is 27.3 Å². The first-order chi connectivity index (χ1) is 9.40. The Morgan fingerprint density at radius 3 is 2.60 bits per heavy atom. The Bertz CT molecular complexity index is 641. The summed E-state index contributed by atoms with van der Waals surface area (Å²) in [6.07, 6.45) is 0. The molecule has 1 atom stereocenters. The number of carbonyl (C=O) groups is 1. The molecule has 20 heavy (non-hydrogen) atoms. The Kier molecular flexibility index (Phi) is 4.60. The van der Waals surface area contributed by atoms with Crippen LogP contribution in [0, 0.1) is 12.7 Å². The molecule has 0 N–H and O–H groups in total. The van der Waals surface area contributed by atoms with Crippen molar-refractivity contribution in [1.82, 2.24) is 4.90 Å². The average Bonchev–Trinajstić information content (AvgIpc) is 2.83. The summed E-state index contributed by atoms with van der Waals surface area (Å²) < 4.78 is 13.6. The average molecular weight is 356 g/mol. The summed E-state index contributed by atoms with van der Waals surface area (Å²) in [5.41, 5.74) is 0.467. The van der Waals surface area contributed by atoms with Crippen LogP contribution in [0.3, 0.4) is 0 Å². The Balaban J connectivity index is 2.24. The molecule has 1 aromatic carbocycles. The fourth-order valence-electron chi connectivity index (χ4n) is 1.90. The molecule has 0 aliphatic heterocycles. The maximum Gasteiger partial charge on any atom is 0.255 e. The third-order valence-corrected chi connectivity index (χ3v) is 5.06. The molecule has 106 valence electrons. The summed E-state index contributed by atoms with van der Waals surface area (Å²) in [6.45, 7) is 4.03. The van der Waals surface area contributed by atoms with Gasteiger partial charge < -0.3 is 4.90 Å². The topological polar surface area (TPSA) is 20.3 Å². The molecule has 0 aliphatic carbocycles. The highest BCUT2D eigenvalue weighted by Gasteiger charge is 2.21. The van der Waals surface area contributed by atoms with Gasteiger partial charge in [0.2, 0.25) is 0 Å². The highest BCUT2D eigenvalue weighted by Crippen LogP contribution is 2.28. The maximum atomic E-state index is 13.1. The van der Waals surface area contributed by atoms with Gasteiger partial charge in [0.15, 0.2) is 0 Å². The Labute approximate surface area is 130 Å². The molecule has 0 fully saturated rings. The third-order valence-electron chi connectivity index (χ3n) is 3.24. The number of aryl methyl sites for hydroxylation is 1. The van der Waals surface area contributed by atoms with Crippen molar-refractivity contribution in [3.8, 4) is 0 Å². The molecule has 2 aromatic rings. The molecule has 2 nitrogen and oxygen atoms in total. The van der Waals surface area contributed by atoms with Gasteiger partial charge in [0.05, 0.1) is 11.6 Å². The van der Waals surface area contributed by atoms with Crippen molar-refractivity contribution in [2.45, 2.75) is 19.9 Å². The zero-order valence-electron chi connectivity index (χ0n) is 11.5. The van der Waals surface area contributed by atoms with Gasteiger partial charge in [-0.15, -0.1) is 11.3 Å². The van der Waals surface area contributed by atoms with E-state index in [1.165, 1.54) is 23.1 Å². The van der Waals surface area contributed by atoms with E-state index in [1.54, 1.807) is 23.3 Å². The number of nitrogens with zero attached hydrogens (tertiary/aromatic N) is 1. The molecule has 0 spiro atoms. The molecular formula is C15H15BrFNOS. The van der Waals surface area contributed by atoms with Crippen LogP contribution in [-0.2, 0) is 0 Å². The van der Waals surface area contributed by atoms with Gasteiger partial charge in [-0.25, -0.2) is 4.39 Å².